The van der Waals surface area contributed by atoms with E-state index in [9.17, 15) is 4.79 Å². The van der Waals surface area contributed by atoms with Crippen LogP contribution >= 0.6 is 11.3 Å². The number of hydrogen-bond donors (Lipinski definition) is 1. The normalized spacial score (nSPS) is 11.2. The molecular weight excluding hydrogens is 350 g/mol. The smallest absolute Gasteiger partial charge is 0.295 e. The Morgan fingerprint density at radius 3 is 2.77 bits per heavy atom. The Labute approximate surface area is 157 Å². The van der Waals surface area contributed by atoms with Gasteiger partial charge >= 0.3 is 0 Å². The van der Waals surface area contributed by atoms with E-state index in [1.165, 1.54) is 22.5 Å². The fraction of sp³-hybridized carbons (Fsp3) is 0.368. The Hall–Kier alpha value is -2.38. The highest BCUT2D eigenvalue weighted by atomic mass is 32.1. The van der Waals surface area contributed by atoms with Crippen molar-refractivity contribution in [2.45, 2.75) is 13.8 Å². The first-order valence-electron chi connectivity index (χ1n) is 8.79. The van der Waals surface area contributed by atoms with Gasteiger partial charge in [0, 0.05) is 6.07 Å². The molecule has 3 rings (SSSR count). The highest BCUT2D eigenvalue weighted by molar-refractivity contribution is 7.22. The first kappa shape index (κ1) is 18.4. The monoisotopic (exact) mass is 374 g/mol. The Bertz CT molecular complexity index is 856. The summed E-state index contributed by atoms with van der Waals surface area (Å²) in [5.74, 6) is 0.926. The summed E-state index contributed by atoms with van der Waals surface area (Å²) in [5.41, 5.74) is 0.830. The molecule has 0 fully saturated rings. The summed E-state index contributed by atoms with van der Waals surface area (Å²) in [6.45, 7) is 7.81. The second-order valence-corrected chi connectivity index (χ2v) is 6.98. The molecule has 6 nitrogen and oxygen atoms in total. The zero-order valence-corrected chi connectivity index (χ0v) is 16.1. The molecular formula is C19H24N3O3S+. The quantitative estimate of drug-likeness (QED) is 0.658. The van der Waals surface area contributed by atoms with Crippen LogP contribution in [0.25, 0.3) is 10.2 Å². The number of nitrogens with one attached hydrogen (secondary N) is 1. The number of likely N-dealkylation sites (N-methyl/N-ethyl adjacent to an activating group) is 1. The van der Waals surface area contributed by atoms with Gasteiger partial charge in [-0.1, -0.05) is 11.3 Å². The SMILES string of the molecule is CC[NH+](CC)CCN(C(=O)c1ccco1)c1nc2cc(OC)ccc2s1. The molecule has 2 aromatic heterocycles. The van der Waals surface area contributed by atoms with E-state index in [4.69, 9.17) is 9.15 Å². The Balaban J connectivity index is 1.92. The van der Waals surface area contributed by atoms with Gasteiger partial charge in [0.05, 0.1) is 49.8 Å². The van der Waals surface area contributed by atoms with Crippen molar-refractivity contribution in [1.82, 2.24) is 4.98 Å². The molecule has 2 heterocycles. The largest absolute Gasteiger partial charge is 0.497 e. The average Bonchev–Trinajstić information content (AvgIpc) is 3.33. The van der Waals surface area contributed by atoms with Crippen molar-refractivity contribution in [2.24, 2.45) is 0 Å². The molecule has 3 aromatic rings. The third-order valence-corrected chi connectivity index (χ3v) is 5.54. The van der Waals surface area contributed by atoms with Crippen molar-refractivity contribution >= 4 is 32.6 Å². The molecule has 0 atom stereocenters. The van der Waals surface area contributed by atoms with Crippen LogP contribution in [0.3, 0.4) is 0 Å². The van der Waals surface area contributed by atoms with Gasteiger partial charge in [-0.3, -0.25) is 9.69 Å². The lowest BCUT2D eigenvalue weighted by atomic mass is 10.3. The molecule has 0 bridgehead atoms. The molecule has 0 aliphatic carbocycles. The number of rotatable bonds is 8. The number of anilines is 1. The van der Waals surface area contributed by atoms with Crippen LogP contribution in [0.2, 0.25) is 0 Å². The minimum atomic E-state index is -0.160. The van der Waals surface area contributed by atoms with Crippen molar-refractivity contribution in [1.29, 1.82) is 0 Å². The third-order valence-electron chi connectivity index (χ3n) is 4.48. The number of furan rings is 1. The predicted molar refractivity (Wildman–Crippen MR) is 103 cm³/mol. The predicted octanol–water partition coefficient (Wildman–Crippen LogP) is 2.47. The fourth-order valence-corrected chi connectivity index (χ4v) is 3.80. The Kier molecular flexibility index (Phi) is 5.90. The summed E-state index contributed by atoms with van der Waals surface area (Å²) in [6, 6.07) is 9.18. The lowest BCUT2D eigenvalue weighted by molar-refractivity contribution is -0.894. The van der Waals surface area contributed by atoms with Gasteiger partial charge in [0.2, 0.25) is 0 Å². The van der Waals surface area contributed by atoms with E-state index in [1.54, 1.807) is 24.1 Å². The first-order chi connectivity index (χ1) is 12.7. The molecule has 26 heavy (non-hydrogen) atoms. The van der Waals surface area contributed by atoms with Crippen molar-refractivity contribution in [3.05, 3.63) is 42.4 Å². The molecule has 7 heteroatoms. The zero-order chi connectivity index (χ0) is 18.5. The van der Waals surface area contributed by atoms with E-state index in [-0.39, 0.29) is 5.91 Å². The van der Waals surface area contributed by atoms with Crippen LogP contribution in [-0.4, -0.2) is 44.2 Å². The number of fused-ring (bicyclic) bond motifs is 1. The number of carbonyl (C=O) groups excluding carboxylic acids is 1. The molecule has 0 unspecified atom stereocenters. The van der Waals surface area contributed by atoms with Crippen LogP contribution in [0.1, 0.15) is 24.4 Å². The molecule has 1 amide bonds. The van der Waals surface area contributed by atoms with Crippen LogP contribution < -0.4 is 14.5 Å². The van der Waals surface area contributed by atoms with Gasteiger partial charge < -0.3 is 14.1 Å². The maximum atomic E-state index is 13.0. The highest BCUT2D eigenvalue weighted by Crippen LogP contribution is 2.31. The summed E-state index contributed by atoms with van der Waals surface area (Å²) < 4.78 is 11.6. The van der Waals surface area contributed by atoms with Gasteiger partial charge in [0.15, 0.2) is 10.9 Å². The van der Waals surface area contributed by atoms with Crippen LogP contribution in [0.15, 0.2) is 41.0 Å². The lowest BCUT2D eigenvalue weighted by Gasteiger charge is -2.22. The Morgan fingerprint density at radius 1 is 1.31 bits per heavy atom. The van der Waals surface area contributed by atoms with Gasteiger partial charge in [-0.05, 0) is 38.1 Å². The number of ether oxygens (including phenoxy) is 1. The number of thiazole rings is 1. The van der Waals surface area contributed by atoms with Crippen molar-refractivity contribution < 1.29 is 18.8 Å². The van der Waals surface area contributed by atoms with E-state index in [0.29, 0.717) is 17.4 Å². The number of nitrogens with zero attached hydrogens (tertiary/aromatic N) is 2. The molecule has 0 radical (unpaired) electrons. The molecule has 1 N–H and O–H groups in total. The van der Waals surface area contributed by atoms with Crippen molar-refractivity contribution in [3.63, 3.8) is 0 Å². The second-order valence-electron chi connectivity index (χ2n) is 5.97. The lowest BCUT2D eigenvalue weighted by Crippen LogP contribution is -3.12. The van der Waals surface area contributed by atoms with Crippen LogP contribution in [-0.2, 0) is 0 Å². The maximum absolute atomic E-state index is 13.0. The Morgan fingerprint density at radius 2 is 2.12 bits per heavy atom. The van der Waals surface area contributed by atoms with Crippen molar-refractivity contribution in [2.75, 3.05) is 38.2 Å². The van der Waals surface area contributed by atoms with Gasteiger partial charge in [-0.2, -0.15) is 0 Å². The average molecular weight is 374 g/mol. The molecule has 1 aromatic carbocycles. The minimum Gasteiger partial charge on any atom is -0.497 e. The first-order valence-corrected chi connectivity index (χ1v) is 9.61. The fourth-order valence-electron chi connectivity index (χ4n) is 2.83. The standard InChI is InChI=1S/C19H23N3O3S/c1-4-21(5-2)10-11-22(18(23)16-7-6-12-25-16)19-20-15-13-14(24-3)8-9-17(15)26-19/h6-9,12-13H,4-5,10-11H2,1-3H3/p+1. The summed E-state index contributed by atoms with van der Waals surface area (Å²) in [4.78, 5) is 20.8. The van der Waals surface area contributed by atoms with Crippen molar-refractivity contribution in [3.8, 4) is 5.75 Å². The summed E-state index contributed by atoms with van der Waals surface area (Å²) in [7, 11) is 1.63. The van der Waals surface area contributed by atoms with E-state index in [0.717, 1.165) is 35.6 Å². The molecule has 0 aliphatic heterocycles. The number of quaternary nitrogens is 1. The number of benzene rings is 1. The van der Waals surface area contributed by atoms with E-state index in [1.807, 2.05) is 18.2 Å². The highest BCUT2D eigenvalue weighted by Gasteiger charge is 2.24. The number of methoxy groups -OCH3 is 1. The second kappa shape index (κ2) is 8.33. The maximum Gasteiger partial charge on any atom is 0.295 e. The van der Waals surface area contributed by atoms with Crippen LogP contribution in [0.4, 0.5) is 5.13 Å². The summed E-state index contributed by atoms with van der Waals surface area (Å²) >= 11 is 1.50. The zero-order valence-electron chi connectivity index (χ0n) is 15.3. The molecule has 0 aliphatic rings. The summed E-state index contributed by atoms with van der Waals surface area (Å²) in [5, 5.41) is 0.682. The number of hydrogen-bond acceptors (Lipinski definition) is 5. The molecule has 138 valence electrons. The minimum absolute atomic E-state index is 0.160. The summed E-state index contributed by atoms with van der Waals surface area (Å²) in [6.07, 6.45) is 1.52. The number of aromatic nitrogens is 1. The van der Waals surface area contributed by atoms with E-state index < -0.39 is 0 Å². The molecule has 0 saturated heterocycles. The number of carbonyl (C=O) groups is 1. The van der Waals surface area contributed by atoms with Gasteiger partial charge in [0.1, 0.15) is 5.75 Å². The molecule has 0 saturated carbocycles. The van der Waals surface area contributed by atoms with Gasteiger partial charge in [0.25, 0.3) is 5.91 Å². The van der Waals surface area contributed by atoms with E-state index in [2.05, 4.69) is 18.8 Å². The molecule has 0 spiro atoms. The number of amides is 1. The van der Waals surface area contributed by atoms with E-state index >= 15 is 0 Å². The van der Waals surface area contributed by atoms with Crippen LogP contribution in [0.5, 0.6) is 5.75 Å². The van der Waals surface area contributed by atoms with Gasteiger partial charge in [-0.25, -0.2) is 4.98 Å². The third kappa shape index (κ3) is 3.89. The topological polar surface area (TPSA) is 60.0 Å². The van der Waals surface area contributed by atoms with Gasteiger partial charge in [-0.15, -0.1) is 0 Å². The van der Waals surface area contributed by atoms with Crippen LogP contribution in [0, 0.1) is 0 Å².